The highest BCUT2D eigenvalue weighted by molar-refractivity contribution is 5.95. The number of nitrogens with zero attached hydrogens (tertiary/aromatic N) is 3. The molecule has 1 aromatic heterocycles. The van der Waals surface area contributed by atoms with E-state index >= 15 is 0 Å². The summed E-state index contributed by atoms with van der Waals surface area (Å²) in [5.74, 6) is -0.691. The molecule has 37 heavy (non-hydrogen) atoms. The summed E-state index contributed by atoms with van der Waals surface area (Å²) >= 11 is 0. The van der Waals surface area contributed by atoms with Gasteiger partial charge in [0.25, 0.3) is 0 Å². The molecule has 0 spiro atoms. The number of alkyl halides is 1. The Balaban J connectivity index is 2.02. The third-order valence-corrected chi connectivity index (χ3v) is 5.99. The van der Waals surface area contributed by atoms with E-state index in [9.17, 15) is 24.7 Å². The zero-order valence-corrected chi connectivity index (χ0v) is 21.7. The van der Waals surface area contributed by atoms with Crippen LogP contribution in [0.2, 0.25) is 0 Å². The number of halogens is 1. The summed E-state index contributed by atoms with van der Waals surface area (Å²) < 4.78 is 21.5. The first-order chi connectivity index (χ1) is 17.3. The van der Waals surface area contributed by atoms with Gasteiger partial charge in [0.05, 0.1) is 17.4 Å². The van der Waals surface area contributed by atoms with Crippen LogP contribution >= 0.6 is 0 Å². The van der Waals surface area contributed by atoms with Gasteiger partial charge in [-0.05, 0) is 63.3 Å². The number of aliphatic hydroxyl groups excluding tert-OH is 1. The monoisotopic (exact) mass is 508 g/mol. The highest BCUT2D eigenvalue weighted by Gasteiger charge is 2.28. The molecule has 0 aliphatic carbocycles. The molecule has 4 N–H and O–H groups in total. The van der Waals surface area contributed by atoms with E-state index < -0.39 is 23.8 Å². The second-order valence-electron chi connectivity index (χ2n) is 9.93. The first kappa shape index (κ1) is 27.8. The fraction of sp³-hybridized carbons (Fsp3) is 0.393. The molecule has 1 heterocycles. The Morgan fingerprint density at radius 3 is 2.38 bits per heavy atom. The highest BCUT2D eigenvalue weighted by Crippen LogP contribution is 2.36. The molecule has 0 fully saturated rings. The Bertz CT molecular complexity index is 1300. The highest BCUT2D eigenvalue weighted by atomic mass is 19.1. The van der Waals surface area contributed by atoms with Crippen LogP contribution in [0, 0.1) is 11.3 Å². The molecule has 3 aromatic rings. The fourth-order valence-corrected chi connectivity index (χ4v) is 4.51. The molecule has 196 valence electrons. The molecule has 0 bridgehead atoms. The third kappa shape index (κ3) is 6.53. The molecule has 8 nitrogen and oxygen atoms in total. The summed E-state index contributed by atoms with van der Waals surface area (Å²) in [7, 11) is 1.81. The van der Waals surface area contributed by atoms with E-state index in [1.54, 1.807) is 32.3 Å². The number of imidazole rings is 1. The van der Waals surface area contributed by atoms with Crippen molar-refractivity contribution in [1.82, 2.24) is 9.55 Å². The van der Waals surface area contributed by atoms with Crippen LogP contribution in [-0.4, -0.2) is 38.1 Å². The van der Waals surface area contributed by atoms with E-state index in [-0.39, 0.29) is 41.4 Å². The maximum atomic E-state index is 13.9. The van der Waals surface area contributed by atoms with Crippen LogP contribution in [0.3, 0.4) is 0 Å². The minimum absolute atomic E-state index is 0.0857. The van der Waals surface area contributed by atoms with Crippen molar-refractivity contribution in [3.63, 3.8) is 0 Å². The van der Waals surface area contributed by atoms with Crippen LogP contribution in [0.1, 0.15) is 72.9 Å². The van der Waals surface area contributed by atoms with Gasteiger partial charge >= 0.3 is 0 Å². The van der Waals surface area contributed by atoms with Gasteiger partial charge in [-0.3, -0.25) is 4.79 Å². The predicted octanol–water partition coefficient (Wildman–Crippen LogP) is 4.08. The number of benzene rings is 2. The lowest BCUT2D eigenvalue weighted by atomic mass is 9.83. The Morgan fingerprint density at radius 1 is 1.24 bits per heavy atom. The fourth-order valence-electron chi connectivity index (χ4n) is 4.51. The van der Waals surface area contributed by atoms with E-state index in [0.717, 1.165) is 11.1 Å². The smallest absolute Gasteiger partial charge is 0.249 e. The van der Waals surface area contributed by atoms with Gasteiger partial charge in [0.2, 0.25) is 5.91 Å². The first-order valence-corrected chi connectivity index (χ1v) is 12.0. The number of aromatic nitrogens is 2. The van der Waals surface area contributed by atoms with E-state index in [4.69, 9.17) is 10.5 Å². The van der Waals surface area contributed by atoms with Crippen molar-refractivity contribution < 1.29 is 24.1 Å². The summed E-state index contributed by atoms with van der Waals surface area (Å²) in [6.07, 6.45) is -0.681. The molecule has 2 unspecified atom stereocenters. The van der Waals surface area contributed by atoms with Crippen LogP contribution in [-0.2, 0) is 19.1 Å². The molecule has 3 rings (SSSR count). The van der Waals surface area contributed by atoms with Crippen LogP contribution in [0.15, 0.2) is 42.6 Å². The largest absolute Gasteiger partial charge is 0.490 e. The van der Waals surface area contributed by atoms with Gasteiger partial charge in [-0.1, -0.05) is 24.3 Å². The number of aryl methyl sites for hydroxylation is 1. The molecule has 0 radical (unpaired) electrons. The lowest BCUT2D eigenvalue weighted by molar-refractivity contribution is 0.0279. The topological polar surface area (TPSA) is 134 Å². The number of nitrogens with two attached hydrogens (primary N) is 1. The van der Waals surface area contributed by atoms with Gasteiger partial charge in [0, 0.05) is 30.8 Å². The lowest BCUT2D eigenvalue weighted by Gasteiger charge is -2.23. The molecule has 0 aliphatic rings. The van der Waals surface area contributed by atoms with Gasteiger partial charge in [0.15, 0.2) is 6.36 Å². The minimum Gasteiger partial charge on any atom is -0.490 e. The Labute approximate surface area is 216 Å². The van der Waals surface area contributed by atoms with Gasteiger partial charge in [-0.25, -0.2) is 9.37 Å². The van der Waals surface area contributed by atoms with Crippen LogP contribution in [0.4, 0.5) is 4.39 Å². The van der Waals surface area contributed by atoms with Gasteiger partial charge in [-0.15, -0.1) is 0 Å². The number of rotatable bonds is 10. The van der Waals surface area contributed by atoms with Gasteiger partial charge in [-0.2, -0.15) is 5.26 Å². The molecule has 2 atom stereocenters. The maximum Gasteiger partial charge on any atom is 0.249 e. The van der Waals surface area contributed by atoms with Crippen molar-refractivity contribution >= 4 is 5.91 Å². The number of hydrogen-bond donors (Lipinski definition) is 3. The van der Waals surface area contributed by atoms with E-state index in [1.807, 2.05) is 37.5 Å². The summed E-state index contributed by atoms with van der Waals surface area (Å²) in [5, 5.41) is 29.9. The summed E-state index contributed by atoms with van der Waals surface area (Å²) in [6.45, 7) is 6.94. The zero-order valence-electron chi connectivity index (χ0n) is 21.7. The SMILES string of the molecule is CC(C)Oc1ccc(C(N)=O)c(C(Cc2ccc(-c3cn(C)c(C(C)(C)O)n3)cc2)CC(O)F)c1C#N. The molecular weight excluding hydrogens is 475 g/mol. The number of ether oxygens (including phenoxy) is 1. The predicted molar refractivity (Wildman–Crippen MR) is 138 cm³/mol. The molecule has 9 heteroatoms. The molecule has 0 saturated heterocycles. The second kappa shape index (κ2) is 11.1. The Morgan fingerprint density at radius 2 is 1.89 bits per heavy atom. The Kier molecular flexibility index (Phi) is 8.36. The number of amides is 1. The number of primary amides is 1. The Hall–Kier alpha value is -3.74. The molecule has 1 amide bonds. The summed E-state index contributed by atoms with van der Waals surface area (Å²) in [6, 6.07) is 12.5. The zero-order chi connectivity index (χ0) is 27.5. The van der Waals surface area contributed by atoms with E-state index in [0.29, 0.717) is 11.5 Å². The molecule has 2 aromatic carbocycles. The molecule has 0 saturated carbocycles. The second-order valence-corrected chi connectivity index (χ2v) is 9.93. The number of nitriles is 1. The van der Waals surface area contributed by atoms with Crippen LogP contribution in [0.25, 0.3) is 11.3 Å². The normalized spacial score (nSPS) is 13.3. The van der Waals surface area contributed by atoms with Crippen molar-refractivity contribution in [3.05, 3.63) is 70.7 Å². The molecule has 0 aliphatic heterocycles. The molecular formula is C28H33FN4O4. The number of hydrogen-bond acceptors (Lipinski definition) is 6. The van der Waals surface area contributed by atoms with Gasteiger partial charge < -0.3 is 25.3 Å². The van der Waals surface area contributed by atoms with Gasteiger partial charge in [0.1, 0.15) is 23.2 Å². The standard InChI is InChI=1S/C28H33FN4O4/c1-16(2)37-23-11-10-20(26(31)35)25(21(23)14-30)19(13-24(29)34)12-17-6-8-18(9-7-17)22-15-33(5)27(32-22)28(3,4)36/h6-11,15-16,19,24,34,36H,12-13H2,1-5H3,(H2,31,35). The van der Waals surface area contributed by atoms with Crippen molar-refractivity contribution in [1.29, 1.82) is 5.26 Å². The maximum absolute atomic E-state index is 13.9. The summed E-state index contributed by atoms with van der Waals surface area (Å²) in [5.41, 5.74) is 7.25. The quantitative estimate of drug-likeness (QED) is 0.378. The number of carbonyl (C=O) groups is 1. The summed E-state index contributed by atoms with van der Waals surface area (Å²) in [4.78, 5) is 16.8. The van der Waals surface area contributed by atoms with Crippen molar-refractivity contribution in [2.24, 2.45) is 12.8 Å². The first-order valence-electron chi connectivity index (χ1n) is 12.0. The minimum atomic E-state index is -2.17. The van der Waals surface area contributed by atoms with E-state index in [1.165, 1.54) is 12.1 Å². The van der Waals surface area contributed by atoms with Crippen molar-refractivity contribution in [3.8, 4) is 23.1 Å². The lowest BCUT2D eigenvalue weighted by Crippen LogP contribution is -2.21. The van der Waals surface area contributed by atoms with Crippen LogP contribution < -0.4 is 10.5 Å². The van der Waals surface area contributed by atoms with Crippen LogP contribution in [0.5, 0.6) is 5.75 Å². The number of carbonyl (C=O) groups excluding carboxylic acids is 1. The van der Waals surface area contributed by atoms with E-state index in [2.05, 4.69) is 11.1 Å². The number of aliphatic hydroxyl groups is 2. The van der Waals surface area contributed by atoms with Crippen molar-refractivity contribution in [2.75, 3.05) is 0 Å². The third-order valence-electron chi connectivity index (χ3n) is 5.99. The van der Waals surface area contributed by atoms with Crippen molar-refractivity contribution in [2.45, 2.75) is 64.5 Å². The average Bonchev–Trinajstić information content (AvgIpc) is 3.20. The average molecular weight is 509 g/mol.